The summed E-state index contributed by atoms with van der Waals surface area (Å²) in [5, 5.41) is 3.07. The van der Waals surface area contributed by atoms with E-state index < -0.39 is 6.10 Å². The summed E-state index contributed by atoms with van der Waals surface area (Å²) in [6, 6.07) is 7.95. The molecule has 1 aromatic carbocycles. The molecular formula is C17H26N2O2. The Morgan fingerprint density at radius 2 is 2.05 bits per heavy atom. The molecule has 1 aliphatic rings. The molecule has 0 aromatic heterocycles. The normalized spacial score (nSPS) is 18.2. The van der Waals surface area contributed by atoms with Crippen molar-refractivity contribution in [3.05, 3.63) is 29.8 Å². The molecule has 2 rings (SSSR count). The number of hydrogen-bond donors (Lipinski definition) is 2. The van der Waals surface area contributed by atoms with Gasteiger partial charge in [-0.05, 0) is 32.3 Å². The Kier molecular flexibility index (Phi) is 5.62. The number of para-hydroxylation sites is 1. The molecule has 4 heteroatoms. The van der Waals surface area contributed by atoms with Crippen molar-refractivity contribution in [2.24, 2.45) is 5.73 Å². The van der Waals surface area contributed by atoms with E-state index in [1.165, 1.54) is 12.8 Å². The van der Waals surface area contributed by atoms with Gasteiger partial charge in [0.2, 0.25) is 0 Å². The maximum Gasteiger partial charge on any atom is 0.260 e. The summed E-state index contributed by atoms with van der Waals surface area (Å²) >= 11 is 0. The zero-order chi connectivity index (χ0) is 15.2. The minimum atomic E-state index is -0.504. The summed E-state index contributed by atoms with van der Waals surface area (Å²) in [6.07, 6.45) is 4.90. The smallest absolute Gasteiger partial charge is 0.260 e. The fourth-order valence-electron chi connectivity index (χ4n) is 2.75. The zero-order valence-electron chi connectivity index (χ0n) is 13.0. The monoisotopic (exact) mass is 290 g/mol. The van der Waals surface area contributed by atoms with Crippen LogP contribution in [0.4, 0.5) is 0 Å². The lowest BCUT2D eigenvalue weighted by Crippen LogP contribution is -2.41. The number of ether oxygens (including phenoxy) is 1. The van der Waals surface area contributed by atoms with Crippen LogP contribution in [0, 0.1) is 0 Å². The molecule has 116 valence electrons. The van der Waals surface area contributed by atoms with Gasteiger partial charge < -0.3 is 15.8 Å². The van der Waals surface area contributed by atoms with Crippen molar-refractivity contribution in [3.8, 4) is 5.75 Å². The van der Waals surface area contributed by atoms with Gasteiger partial charge in [-0.25, -0.2) is 0 Å². The van der Waals surface area contributed by atoms with Gasteiger partial charge in [0.15, 0.2) is 6.10 Å². The summed E-state index contributed by atoms with van der Waals surface area (Å²) < 4.78 is 5.85. The molecule has 0 bridgehead atoms. The van der Waals surface area contributed by atoms with Gasteiger partial charge in [-0.3, -0.25) is 4.79 Å². The molecule has 0 heterocycles. The van der Waals surface area contributed by atoms with Crippen LogP contribution in [0.15, 0.2) is 24.3 Å². The molecule has 1 aliphatic carbocycles. The highest BCUT2D eigenvalue weighted by Crippen LogP contribution is 2.26. The van der Waals surface area contributed by atoms with Gasteiger partial charge in [0.1, 0.15) is 5.75 Å². The number of nitrogens with two attached hydrogens (primary N) is 1. The van der Waals surface area contributed by atoms with Crippen LogP contribution in [-0.4, -0.2) is 18.1 Å². The van der Waals surface area contributed by atoms with Crippen molar-refractivity contribution >= 4 is 5.91 Å². The number of amides is 1. The average Bonchev–Trinajstić information content (AvgIpc) is 2.99. The van der Waals surface area contributed by atoms with Gasteiger partial charge in [0.25, 0.3) is 5.91 Å². The highest BCUT2D eigenvalue weighted by atomic mass is 16.5. The van der Waals surface area contributed by atoms with Gasteiger partial charge in [-0.15, -0.1) is 0 Å². The van der Waals surface area contributed by atoms with E-state index in [9.17, 15) is 4.79 Å². The van der Waals surface area contributed by atoms with E-state index in [0.717, 1.165) is 24.8 Å². The highest BCUT2D eigenvalue weighted by Gasteiger charge is 2.22. The predicted octanol–water partition coefficient (Wildman–Crippen LogP) is 2.92. The van der Waals surface area contributed by atoms with Crippen molar-refractivity contribution in [3.63, 3.8) is 0 Å². The van der Waals surface area contributed by atoms with Gasteiger partial charge in [0, 0.05) is 17.6 Å². The molecule has 1 aromatic rings. The first-order valence-corrected chi connectivity index (χ1v) is 7.93. The van der Waals surface area contributed by atoms with Crippen molar-refractivity contribution < 1.29 is 9.53 Å². The largest absolute Gasteiger partial charge is 0.481 e. The van der Waals surface area contributed by atoms with Crippen LogP contribution >= 0.6 is 0 Å². The third-order valence-corrected chi connectivity index (χ3v) is 4.13. The second kappa shape index (κ2) is 7.46. The van der Waals surface area contributed by atoms with Gasteiger partial charge in [-0.2, -0.15) is 0 Å². The Labute approximate surface area is 127 Å². The SMILES string of the molecule is CCC(N)c1ccccc1OC(C)C(=O)NC1CCCC1. The number of benzene rings is 1. The van der Waals surface area contributed by atoms with Crippen molar-refractivity contribution in [2.45, 2.75) is 64.1 Å². The highest BCUT2D eigenvalue weighted by molar-refractivity contribution is 5.81. The van der Waals surface area contributed by atoms with E-state index in [1.54, 1.807) is 6.92 Å². The van der Waals surface area contributed by atoms with Crippen LogP contribution in [0.25, 0.3) is 0 Å². The lowest BCUT2D eigenvalue weighted by Gasteiger charge is -2.21. The Morgan fingerprint density at radius 1 is 1.38 bits per heavy atom. The second-order valence-electron chi connectivity index (χ2n) is 5.80. The van der Waals surface area contributed by atoms with E-state index in [-0.39, 0.29) is 11.9 Å². The molecule has 0 aliphatic heterocycles. The first-order chi connectivity index (χ1) is 10.1. The number of carbonyl (C=O) groups excluding carboxylic acids is 1. The Morgan fingerprint density at radius 3 is 2.71 bits per heavy atom. The van der Waals surface area contributed by atoms with Crippen molar-refractivity contribution in [1.82, 2.24) is 5.32 Å². The zero-order valence-corrected chi connectivity index (χ0v) is 13.0. The quantitative estimate of drug-likeness (QED) is 0.846. The molecule has 2 atom stereocenters. The Balaban J connectivity index is 1.98. The van der Waals surface area contributed by atoms with Crippen LogP contribution in [0.3, 0.4) is 0 Å². The van der Waals surface area contributed by atoms with Crippen molar-refractivity contribution in [2.75, 3.05) is 0 Å². The van der Waals surface area contributed by atoms with Crippen LogP contribution in [0.5, 0.6) is 5.75 Å². The Bertz CT molecular complexity index is 470. The minimum absolute atomic E-state index is 0.0400. The maximum atomic E-state index is 12.2. The molecule has 21 heavy (non-hydrogen) atoms. The predicted molar refractivity (Wildman–Crippen MR) is 84.2 cm³/mol. The summed E-state index contributed by atoms with van der Waals surface area (Å²) in [6.45, 7) is 3.83. The Hall–Kier alpha value is -1.55. The molecule has 2 unspecified atom stereocenters. The topological polar surface area (TPSA) is 64.3 Å². The summed E-state index contributed by atoms with van der Waals surface area (Å²) in [7, 11) is 0. The third-order valence-electron chi connectivity index (χ3n) is 4.13. The van der Waals surface area contributed by atoms with Crippen LogP contribution in [-0.2, 0) is 4.79 Å². The number of rotatable bonds is 6. The number of hydrogen-bond acceptors (Lipinski definition) is 3. The fourth-order valence-corrected chi connectivity index (χ4v) is 2.75. The van der Waals surface area contributed by atoms with Crippen LogP contribution in [0.1, 0.15) is 57.6 Å². The van der Waals surface area contributed by atoms with E-state index in [0.29, 0.717) is 11.8 Å². The van der Waals surface area contributed by atoms with Crippen molar-refractivity contribution in [1.29, 1.82) is 0 Å². The lowest BCUT2D eigenvalue weighted by molar-refractivity contribution is -0.128. The minimum Gasteiger partial charge on any atom is -0.481 e. The summed E-state index contributed by atoms with van der Waals surface area (Å²) in [5.74, 6) is 0.669. The number of carbonyl (C=O) groups is 1. The fraction of sp³-hybridized carbons (Fsp3) is 0.588. The van der Waals surface area contributed by atoms with E-state index in [1.807, 2.05) is 31.2 Å². The summed E-state index contributed by atoms with van der Waals surface area (Å²) in [5.41, 5.74) is 7.06. The first-order valence-electron chi connectivity index (χ1n) is 7.93. The molecule has 3 N–H and O–H groups in total. The molecule has 1 fully saturated rings. The van der Waals surface area contributed by atoms with Gasteiger partial charge in [0.05, 0.1) is 0 Å². The van der Waals surface area contributed by atoms with E-state index in [2.05, 4.69) is 5.32 Å². The molecule has 1 amide bonds. The summed E-state index contributed by atoms with van der Waals surface area (Å²) in [4.78, 5) is 12.2. The molecule has 4 nitrogen and oxygen atoms in total. The molecule has 0 saturated heterocycles. The van der Waals surface area contributed by atoms with Gasteiger partial charge in [-0.1, -0.05) is 38.0 Å². The average molecular weight is 290 g/mol. The van der Waals surface area contributed by atoms with Crippen LogP contribution < -0.4 is 15.8 Å². The maximum absolute atomic E-state index is 12.2. The second-order valence-corrected chi connectivity index (χ2v) is 5.80. The molecule has 0 radical (unpaired) electrons. The molecule has 1 saturated carbocycles. The molecular weight excluding hydrogens is 264 g/mol. The first kappa shape index (κ1) is 15.8. The van der Waals surface area contributed by atoms with Crippen LogP contribution in [0.2, 0.25) is 0 Å². The van der Waals surface area contributed by atoms with Gasteiger partial charge >= 0.3 is 0 Å². The standard InChI is InChI=1S/C17H26N2O2/c1-3-15(18)14-10-6-7-11-16(14)21-12(2)17(20)19-13-8-4-5-9-13/h6-7,10-13,15H,3-5,8-9,18H2,1-2H3,(H,19,20). The van der Waals surface area contributed by atoms with E-state index in [4.69, 9.17) is 10.5 Å². The van der Waals surface area contributed by atoms with E-state index >= 15 is 0 Å². The lowest BCUT2D eigenvalue weighted by atomic mass is 10.0. The molecule has 0 spiro atoms. The number of nitrogens with one attached hydrogen (secondary N) is 1. The third kappa shape index (κ3) is 4.21.